The lowest BCUT2D eigenvalue weighted by atomic mass is 10.1. The van der Waals surface area contributed by atoms with Crippen molar-refractivity contribution in [1.82, 2.24) is 5.43 Å². The molecular weight excluding hydrogens is 224 g/mol. The largest absolute Gasteiger partial charge is 0.394 e. The first-order valence-corrected chi connectivity index (χ1v) is 4.74. The molecule has 0 aliphatic rings. The van der Waals surface area contributed by atoms with Gasteiger partial charge >= 0.3 is 0 Å². The van der Waals surface area contributed by atoms with Gasteiger partial charge in [-0.3, -0.25) is 4.79 Å². The van der Waals surface area contributed by atoms with Gasteiger partial charge in [0.15, 0.2) is 0 Å². The molecule has 0 aromatic rings. The topological polar surface area (TPSA) is 122 Å². The Labute approximate surface area is 91.8 Å². The van der Waals surface area contributed by atoms with Crippen LogP contribution in [0.4, 0.5) is 0 Å². The third kappa shape index (κ3) is 5.70. The lowest BCUT2D eigenvalue weighted by Gasteiger charge is -2.17. The zero-order chi connectivity index (χ0) is 11.8. The van der Waals surface area contributed by atoms with Crippen molar-refractivity contribution in [1.29, 1.82) is 0 Å². The van der Waals surface area contributed by atoms with E-state index in [-0.39, 0.29) is 5.75 Å². The van der Waals surface area contributed by atoms with Crippen molar-refractivity contribution in [3.8, 4) is 0 Å². The highest BCUT2D eigenvalue weighted by Gasteiger charge is 2.22. The molecule has 3 atom stereocenters. The summed E-state index contributed by atoms with van der Waals surface area (Å²) in [6.45, 7) is -0.685. The number of nitrogens with one attached hydrogen (secondary N) is 1. The maximum atomic E-state index is 10.6. The van der Waals surface area contributed by atoms with Crippen LogP contribution >= 0.6 is 12.6 Å². The number of carbonyl (C=O) groups is 1. The smallest absolute Gasteiger partial charge is 0.249 e. The molecule has 0 aliphatic carbocycles. The summed E-state index contributed by atoms with van der Waals surface area (Å²) in [4.78, 5) is 10.6. The van der Waals surface area contributed by atoms with Crippen molar-refractivity contribution in [2.75, 3.05) is 12.4 Å². The van der Waals surface area contributed by atoms with Gasteiger partial charge in [0.25, 0.3) is 0 Å². The van der Waals surface area contributed by atoms with E-state index in [1.54, 1.807) is 0 Å². The van der Waals surface area contributed by atoms with Gasteiger partial charge in [-0.25, -0.2) is 5.43 Å². The fraction of sp³-hybridized carbons (Fsp3) is 0.714. The Balaban J connectivity index is 4.00. The van der Waals surface area contributed by atoms with Gasteiger partial charge in [0.05, 0.1) is 18.6 Å². The molecule has 0 saturated carbocycles. The number of aliphatic hydroxyl groups excluding tert-OH is 4. The second-order valence-corrected chi connectivity index (χ2v) is 3.02. The van der Waals surface area contributed by atoms with Gasteiger partial charge in [0.2, 0.25) is 5.91 Å². The zero-order valence-electron chi connectivity index (χ0n) is 7.82. The highest BCUT2D eigenvalue weighted by molar-refractivity contribution is 7.81. The molecule has 15 heavy (non-hydrogen) atoms. The number of nitrogens with zero attached hydrogens (tertiary/aromatic N) is 1. The summed E-state index contributed by atoms with van der Waals surface area (Å²) in [6, 6.07) is 0. The van der Waals surface area contributed by atoms with E-state index in [4.69, 9.17) is 20.4 Å². The van der Waals surface area contributed by atoms with Crippen molar-refractivity contribution in [2.24, 2.45) is 5.10 Å². The first kappa shape index (κ1) is 14.3. The SMILES string of the molecule is O=C(CS)NN=C[C@H](O)[C@H](O)[C@H](O)CO. The maximum absolute atomic E-state index is 10.6. The Kier molecular flexibility index (Phi) is 7.26. The number of hydrogen-bond acceptors (Lipinski definition) is 7. The Hall–Kier alpha value is -0.670. The summed E-state index contributed by atoms with van der Waals surface area (Å²) in [5.41, 5.74) is 2.01. The van der Waals surface area contributed by atoms with Crippen LogP contribution in [0.15, 0.2) is 5.10 Å². The first-order valence-electron chi connectivity index (χ1n) is 4.10. The average molecular weight is 238 g/mol. The molecule has 0 heterocycles. The zero-order valence-corrected chi connectivity index (χ0v) is 8.71. The molecule has 0 radical (unpaired) electrons. The van der Waals surface area contributed by atoms with Crippen LogP contribution in [-0.2, 0) is 4.79 Å². The van der Waals surface area contributed by atoms with E-state index in [1.165, 1.54) is 0 Å². The highest BCUT2D eigenvalue weighted by Crippen LogP contribution is 1.97. The quantitative estimate of drug-likeness (QED) is 0.168. The fourth-order valence-corrected chi connectivity index (χ4v) is 0.715. The molecule has 1 amide bonds. The van der Waals surface area contributed by atoms with Crippen molar-refractivity contribution in [2.45, 2.75) is 18.3 Å². The molecule has 0 aliphatic heterocycles. The molecule has 5 N–H and O–H groups in total. The summed E-state index contributed by atoms with van der Waals surface area (Å²) in [7, 11) is 0. The van der Waals surface area contributed by atoms with E-state index in [2.05, 4.69) is 17.7 Å². The van der Waals surface area contributed by atoms with E-state index in [1.807, 2.05) is 5.43 Å². The molecule has 0 aromatic heterocycles. The predicted octanol–water partition coefficient (Wildman–Crippen LogP) is -2.91. The summed E-state index contributed by atoms with van der Waals surface area (Å²) in [5.74, 6) is -0.533. The molecular formula is C7H14N2O5S. The molecule has 0 rings (SSSR count). The second kappa shape index (κ2) is 7.60. The van der Waals surface area contributed by atoms with Crippen LogP contribution in [0.5, 0.6) is 0 Å². The number of carbonyl (C=O) groups excluding carboxylic acids is 1. The van der Waals surface area contributed by atoms with E-state index in [9.17, 15) is 4.79 Å². The fourth-order valence-electron chi connectivity index (χ4n) is 0.645. The van der Waals surface area contributed by atoms with Crippen molar-refractivity contribution < 1.29 is 25.2 Å². The molecule has 0 aromatic carbocycles. The molecule has 0 spiro atoms. The Bertz CT molecular complexity index is 225. The third-order valence-electron chi connectivity index (χ3n) is 1.49. The van der Waals surface area contributed by atoms with Crippen LogP contribution in [0.3, 0.4) is 0 Å². The van der Waals surface area contributed by atoms with Gasteiger partial charge < -0.3 is 20.4 Å². The lowest BCUT2D eigenvalue weighted by Crippen LogP contribution is -2.40. The number of rotatable bonds is 6. The second-order valence-electron chi connectivity index (χ2n) is 2.70. The standard InChI is InChI=1S/C7H14N2O5S/c10-2-5(12)7(14)4(11)1-8-9-6(13)3-15/h1,4-5,7,10-12,14-15H,2-3H2,(H,9,13)/t4-,5+,7-/m0/s1. The van der Waals surface area contributed by atoms with Crippen LogP contribution in [0.2, 0.25) is 0 Å². The van der Waals surface area contributed by atoms with Crippen molar-refractivity contribution in [3.05, 3.63) is 0 Å². The van der Waals surface area contributed by atoms with Gasteiger partial charge in [0, 0.05) is 0 Å². The molecule has 0 unspecified atom stereocenters. The minimum absolute atomic E-state index is 0.0603. The van der Waals surface area contributed by atoms with Gasteiger partial charge in [-0.05, 0) is 0 Å². The van der Waals surface area contributed by atoms with Crippen LogP contribution in [0, 0.1) is 0 Å². The highest BCUT2D eigenvalue weighted by atomic mass is 32.1. The Morgan fingerprint density at radius 1 is 1.47 bits per heavy atom. The molecule has 0 bridgehead atoms. The third-order valence-corrected chi connectivity index (χ3v) is 1.78. The number of aliphatic hydroxyl groups is 4. The minimum atomic E-state index is -1.56. The first-order chi connectivity index (χ1) is 7.02. The van der Waals surface area contributed by atoms with Crippen LogP contribution in [0.25, 0.3) is 0 Å². The predicted molar refractivity (Wildman–Crippen MR) is 55.6 cm³/mol. The van der Waals surface area contributed by atoms with Gasteiger partial charge in [-0.15, -0.1) is 0 Å². The van der Waals surface area contributed by atoms with Gasteiger partial charge in [0.1, 0.15) is 18.3 Å². The maximum Gasteiger partial charge on any atom is 0.249 e. The normalized spacial score (nSPS) is 17.4. The molecule has 88 valence electrons. The van der Waals surface area contributed by atoms with Crippen LogP contribution in [0.1, 0.15) is 0 Å². The van der Waals surface area contributed by atoms with E-state index in [0.717, 1.165) is 6.21 Å². The lowest BCUT2D eigenvalue weighted by molar-refractivity contribution is -0.118. The van der Waals surface area contributed by atoms with Crippen LogP contribution in [-0.4, -0.2) is 63.2 Å². The van der Waals surface area contributed by atoms with Crippen molar-refractivity contribution >= 4 is 24.8 Å². The molecule has 0 fully saturated rings. The van der Waals surface area contributed by atoms with Gasteiger partial charge in [-0.1, -0.05) is 0 Å². The van der Waals surface area contributed by atoms with Crippen molar-refractivity contribution in [3.63, 3.8) is 0 Å². The summed E-state index contributed by atoms with van der Waals surface area (Å²) >= 11 is 3.66. The van der Waals surface area contributed by atoms with Crippen LogP contribution < -0.4 is 5.43 Å². The average Bonchev–Trinajstić information content (AvgIpc) is 2.26. The van der Waals surface area contributed by atoms with E-state index in [0.29, 0.717) is 0 Å². The summed E-state index contributed by atoms with van der Waals surface area (Å²) in [6.07, 6.45) is -3.67. The van der Waals surface area contributed by atoms with Gasteiger partial charge in [-0.2, -0.15) is 17.7 Å². The number of hydrazone groups is 1. The Morgan fingerprint density at radius 2 is 2.07 bits per heavy atom. The monoisotopic (exact) mass is 238 g/mol. The number of amides is 1. The number of thiol groups is 1. The van der Waals surface area contributed by atoms with E-state index >= 15 is 0 Å². The minimum Gasteiger partial charge on any atom is -0.394 e. The molecule has 8 heteroatoms. The number of hydrogen-bond donors (Lipinski definition) is 6. The summed E-state index contributed by atoms with van der Waals surface area (Å²) in [5, 5.41) is 39.0. The molecule has 0 saturated heterocycles. The van der Waals surface area contributed by atoms with E-state index < -0.39 is 30.8 Å². The Morgan fingerprint density at radius 3 is 2.53 bits per heavy atom. The molecule has 7 nitrogen and oxygen atoms in total. The summed E-state index contributed by atoms with van der Waals surface area (Å²) < 4.78 is 0.